The van der Waals surface area contributed by atoms with Gasteiger partial charge < -0.3 is 15.1 Å². The van der Waals surface area contributed by atoms with E-state index < -0.39 is 0 Å². The number of likely N-dealkylation sites (tertiary alicyclic amines) is 2. The van der Waals surface area contributed by atoms with Crippen LogP contribution in [0.5, 0.6) is 0 Å². The van der Waals surface area contributed by atoms with Gasteiger partial charge in [0.25, 0.3) is 5.91 Å². The van der Waals surface area contributed by atoms with E-state index >= 15 is 0 Å². The highest BCUT2D eigenvalue weighted by Gasteiger charge is 2.39. The Morgan fingerprint density at radius 1 is 1.15 bits per heavy atom. The van der Waals surface area contributed by atoms with Gasteiger partial charge in [0, 0.05) is 32.9 Å². The second-order valence-corrected chi connectivity index (χ2v) is 8.12. The van der Waals surface area contributed by atoms with E-state index in [1.54, 1.807) is 6.92 Å². The number of rotatable bonds is 4. The van der Waals surface area contributed by atoms with Gasteiger partial charge in [-0.05, 0) is 24.3 Å². The fraction of sp³-hybridized carbons (Fsp3) is 0.619. The molecule has 2 heterocycles. The summed E-state index contributed by atoms with van der Waals surface area (Å²) >= 11 is 0. The minimum Gasteiger partial charge on any atom is -0.346 e. The predicted octanol–water partition coefficient (Wildman–Crippen LogP) is 0.955. The van der Waals surface area contributed by atoms with E-state index in [1.165, 1.54) is 10.5 Å². The molecule has 0 aromatic heterocycles. The zero-order valence-electron chi connectivity index (χ0n) is 16.1. The van der Waals surface area contributed by atoms with Crippen LogP contribution >= 0.6 is 0 Å². The van der Waals surface area contributed by atoms with Crippen molar-refractivity contribution in [3.05, 3.63) is 35.9 Å². The van der Waals surface area contributed by atoms with Gasteiger partial charge in [0.05, 0.1) is 18.6 Å². The molecule has 0 saturated carbocycles. The van der Waals surface area contributed by atoms with E-state index in [1.807, 2.05) is 23.1 Å². The Morgan fingerprint density at radius 2 is 1.77 bits per heavy atom. The molecule has 2 aliphatic heterocycles. The van der Waals surface area contributed by atoms with Gasteiger partial charge in [-0.3, -0.25) is 9.59 Å². The fourth-order valence-electron chi connectivity index (χ4n) is 4.37. The predicted molar refractivity (Wildman–Crippen MR) is 102 cm³/mol. The largest absolute Gasteiger partial charge is 0.346 e. The normalized spacial score (nSPS) is 27.2. The summed E-state index contributed by atoms with van der Waals surface area (Å²) in [6.45, 7) is 8.07. The summed E-state index contributed by atoms with van der Waals surface area (Å²) in [6, 6.07) is 10.3. The van der Waals surface area contributed by atoms with Crippen LogP contribution in [0.1, 0.15) is 45.1 Å². The van der Waals surface area contributed by atoms with Crippen LogP contribution in [0.2, 0.25) is 0 Å². The minimum atomic E-state index is -0.291. The number of hydrogen-bond acceptors (Lipinski definition) is 2. The first-order valence-corrected chi connectivity index (χ1v) is 9.94. The van der Waals surface area contributed by atoms with Crippen molar-refractivity contribution in [1.82, 2.24) is 10.2 Å². The third kappa shape index (κ3) is 4.44. The second-order valence-electron chi connectivity index (χ2n) is 8.12. The van der Waals surface area contributed by atoms with Crippen molar-refractivity contribution in [2.75, 3.05) is 32.7 Å². The lowest BCUT2D eigenvalue weighted by atomic mass is 9.80. The average Bonchev–Trinajstić information content (AvgIpc) is 2.64. The molecule has 1 aromatic carbocycles. The lowest BCUT2D eigenvalue weighted by molar-refractivity contribution is -0.899. The number of carbonyl (C=O) groups excluding carboxylic acids is 2. The van der Waals surface area contributed by atoms with E-state index in [4.69, 9.17) is 0 Å². The first-order valence-electron chi connectivity index (χ1n) is 9.94. The van der Waals surface area contributed by atoms with Crippen molar-refractivity contribution < 1.29 is 14.5 Å². The number of benzene rings is 1. The van der Waals surface area contributed by atoms with Crippen LogP contribution in [-0.2, 0) is 15.1 Å². The number of nitrogens with zero attached hydrogens (tertiary/aromatic N) is 1. The number of quaternary nitrogens is 1. The molecular formula is C21H32N3O2+. The molecule has 0 atom stereocenters. The highest BCUT2D eigenvalue weighted by Crippen LogP contribution is 2.29. The van der Waals surface area contributed by atoms with E-state index in [-0.39, 0.29) is 11.4 Å². The molecule has 2 saturated heterocycles. The van der Waals surface area contributed by atoms with Crippen LogP contribution in [0.25, 0.3) is 0 Å². The van der Waals surface area contributed by atoms with Crippen LogP contribution in [-0.4, -0.2) is 49.4 Å². The summed E-state index contributed by atoms with van der Waals surface area (Å²) in [4.78, 5) is 27.8. The molecule has 5 heteroatoms. The van der Waals surface area contributed by atoms with Crippen molar-refractivity contribution >= 4 is 11.8 Å². The van der Waals surface area contributed by atoms with E-state index in [0.29, 0.717) is 12.5 Å². The summed E-state index contributed by atoms with van der Waals surface area (Å²) in [5.41, 5.74) is 0.880. The van der Waals surface area contributed by atoms with Crippen molar-refractivity contribution in [1.29, 1.82) is 0 Å². The van der Waals surface area contributed by atoms with Gasteiger partial charge in [0.15, 0.2) is 6.54 Å². The van der Waals surface area contributed by atoms with Gasteiger partial charge in [-0.2, -0.15) is 0 Å². The number of piperidine rings is 2. The van der Waals surface area contributed by atoms with Crippen molar-refractivity contribution in [2.24, 2.45) is 5.92 Å². The second kappa shape index (κ2) is 8.21. The molecule has 0 bridgehead atoms. The molecule has 2 amide bonds. The summed E-state index contributed by atoms with van der Waals surface area (Å²) < 4.78 is 0. The van der Waals surface area contributed by atoms with Gasteiger partial charge in [-0.25, -0.2) is 0 Å². The summed E-state index contributed by atoms with van der Waals surface area (Å²) in [5, 5.41) is 3.21. The zero-order chi connectivity index (χ0) is 18.6. The Hall–Kier alpha value is -1.88. The molecule has 0 unspecified atom stereocenters. The first kappa shape index (κ1) is 18.9. The Bertz CT molecular complexity index is 615. The Labute approximate surface area is 156 Å². The lowest BCUT2D eigenvalue weighted by Crippen LogP contribution is -3.14. The van der Waals surface area contributed by atoms with Crippen molar-refractivity contribution in [2.45, 2.75) is 45.1 Å². The maximum absolute atomic E-state index is 12.6. The third-order valence-electron chi connectivity index (χ3n) is 6.09. The maximum Gasteiger partial charge on any atom is 0.277 e. The summed E-state index contributed by atoms with van der Waals surface area (Å²) in [5.74, 6) is 1.04. The fourth-order valence-corrected chi connectivity index (χ4v) is 4.37. The molecule has 2 fully saturated rings. The van der Waals surface area contributed by atoms with E-state index in [2.05, 4.69) is 24.4 Å². The maximum atomic E-state index is 12.6. The van der Waals surface area contributed by atoms with Gasteiger partial charge in [0.1, 0.15) is 0 Å². The molecule has 5 nitrogen and oxygen atoms in total. The summed E-state index contributed by atoms with van der Waals surface area (Å²) in [7, 11) is 0. The van der Waals surface area contributed by atoms with Gasteiger partial charge >= 0.3 is 0 Å². The molecule has 0 aliphatic carbocycles. The number of hydrogen-bond donors (Lipinski definition) is 2. The van der Waals surface area contributed by atoms with Crippen LogP contribution in [0.4, 0.5) is 0 Å². The molecule has 2 aliphatic rings. The molecule has 142 valence electrons. The number of amides is 2. The van der Waals surface area contributed by atoms with E-state index in [0.717, 1.165) is 57.8 Å². The van der Waals surface area contributed by atoms with Gasteiger partial charge in [-0.1, -0.05) is 37.3 Å². The molecular weight excluding hydrogens is 326 g/mol. The quantitative estimate of drug-likeness (QED) is 0.842. The van der Waals surface area contributed by atoms with Crippen LogP contribution in [0, 0.1) is 5.92 Å². The highest BCUT2D eigenvalue weighted by molar-refractivity contribution is 5.77. The van der Waals surface area contributed by atoms with Gasteiger partial charge in [-0.15, -0.1) is 0 Å². The average molecular weight is 359 g/mol. The molecule has 1 aromatic rings. The van der Waals surface area contributed by atoms with Crippen molar-refractivity contribution in [3.8, 4) is 0 Å². The van der Waals surface area contributed by atoms with Crippen LogP contribution in [0.3, 0.4) is 0 Å². The Balaban J connectivity index is 1.59. The van der Waals surface area contributed by atoms with Crippen LogP contribution < -0.4 is 10.2 Å². The standard InChI is InChI=1S/C21H31N3O2/c1-17-8-12-24(13-9-17)20(26)16-23-14-10-21(11-15-23,22-18(2)25)19-6-4-3-5-7-19/h3-7,17H,8-16H2,1-2H3,(H,22,25)/p+1. The number of nitrogens with one attached hydrogen (secondary N) is 2. The lowest BCUT2D eigenvalue weighted by Gasteiger charge is -2.41. The topological polar surface area (TPSA) is 53.9 Å². The minimum absolute atomic E-state index is 0.0100. The molecule has 0 radical (unpaired) electrons. The Morgan fingerprint density at radius 3 is 2.35 bits per heavy atom. The molecule has 0 spiro atoms. The molecule has 2 N–H and O–H groups in total. The smallest absolute Gasteiger partial charge is 0.277 e. The summed E-state index contributed by atoms with van der Waals surface area (Å²) in [6.07, 6.45) is 3.99. The van der Waals surface area contributed by atoms with Gasteiger partial charge in [0.2, 0.25) is 5.91 Å². The molecule has 26 heavy (non-hydrogen) atoms. The third-order valence-corrected chi connectivity index (χ3v) is 6.09. The van der Waals surface area contributed by atoms with Crippen molar-refractivity contribution in [3.63, 3.8) is 0 Å². The zero-order valence-corrected chi connectivity index (χ0v) is 16.1. The highest BCUT2D eigenvalue weighted by atomic mass is 16.2. The number of carbonyl (C=O) groups is 2. The SMILES string of the molecule is CC(=O)NC1(c2ccccc2)CC[NH+](CC(=O)N2CCC(C)CC2)CC1. The van der Waals surface area contributed by atoms with E-state index in [9.17, 15) is 9.59 Å². The first-order chi connectivity index (χ1) is 12.5. The monoisotopic (exact) mass is 358 g/mol. The Kier molecular flexibility index (Phi) is 5.97. The van der Waals surface area contributed by atoms with Crippen LogP contribution in [0.15, 0.2) is 30.3 Å². The molecule has 3 rings (SSSR count).